The Hall–Kier alpha value is -0.950. The van der Waals surface area contributed by atoms with Gasteiger partial charge in [0.2, 0.25) is 5.91 Å². The molecule has 122 valence electrons. The predicted octanol–water partition coefficient (Wildman–Crippen LogP) is 1.25. The number of hydrogen-bond donors (Lipinski definition) is 1. The number of thiophene rings is 1. The third-order valence-electron chi connectivity index (χ3n) is 4.59. The van der Waals surface area contributed by atoms with Crippen molar-refractivity contribution < 1.29 is 9.53 Å². The Morgan fingerprint density at radius 3 is 2.82 bits per heavy atom. The molecule has 2 unspecified atom stereocenters. The van der Waals surface area contributed by atoms with Crippen molar-refractivity contribution in [3.8, 4) is 0 Å². The number of ether oxygens (including phenoxy) is 1. The van der Waals surface area contributed by atoms with Crippen molar-refractivity contribution in [1.82, 2.24) is 15.1 Å². The van der Waals surface area contributed by atoms with Crippen molar-refractivity contribution >= 4 is 17.2 Å². The molecule has 0 bridgehead atoms. The highest BCUT2D eigenvalue weighted by Crippen LogP contribution is 2.32. The quantitative estimate of drug-likeness (QED) is 0.909. The van der Waals surface area contributed by atoms with Gasteiger partial charge < -0.3 is 15.0 Å². The molecule has 22 heavy (non-hydrogen) atoms. The molecule has 0 radical (unpaired) electrons. The van der Waals surface area contributed by atoms with Crippen molar-refractivity contribution in [3.63, 3.8) is 0 Å². The van der Waals surface area contributed by atoms with Gasteiger partial charge >= 0.3 is 0 Å². The van der Waals surface area contributed by atoms with E-state index in [-0.39, 0.29) is 11.9 Å². The molecule has 2 atom stereocenters. The van der Waals surface area contributed by atoms with Gasteiger partial charge in [0.1, 0.15) is 6.04 Å². The summed E-state index contributed by atoms with van der Waals surface area (Å²) in [6, 6.07) is 2.34. The van der Waals surface area contributed by atoms with Crippen LogP contribution in [0.5, 0.6) is 0 Å². The number of carbonyl (C=O) groups excluding carboxylic acids is 1. The van der Waals surface area contributed by atoms with E-state index >= 15 is 0 Å². The second kappa shape index (κ2) is 7.08. The zero-order valence-electron chi connectivity index (χ0n) is 13.4. The fourth-order valence-corrected chi connectivity index (χ4v) is 4.30. The van der Waals surface area contributed by atoms with Crippen molar-refractivity contribution in [3.05, 3.63) is 21.9 Å². The highest BCUT2D eigenvalue weighted by atomic mass is 32.1. The molecular formula is C16H25N3O2S. The second-order valence-corrected chi connectivity index (χ2v) is 7.05. The first-order valence-corrected chi connectivity index (χ1v) is 8.93. The Morgan fingerprint density at radius 1 is 1.41 bits per heavy atom. The molecule has 1 aromatic rings. The van der Waals surface area contributed by atoms with E-state index in [0.717, 1.165) is 19.6 Å². The van der Waals surface area contributed by atoms with Gasteiger partial charge in [-0.05, 0) is 30.9 Å². The van der Waals surface area contributed by atoms with Crippen molar-refractivity contribution in [2.45, 2.75) is 25.9 Å². The van der Waals surface area contributed by atoms with Crippen LogP contribution >= 0.6 is 11.3 Å². The molecule has 2 aliphatic heterocycles. The monoisotopic (exact) mass is 323 g/mol. The molecule has 1 aromatic heterocycles. The highest BCUT2D eigenvalue weighted by molar-refractivity contribution is 7.10. The number of amides is 1. The molecule has 0 spiro atoms. The molecular weight excluding hydrogens is 298 g/mol. The molecule has 6 heteroatoms. The van der Waals surface area contributed by atoms with Crippen LogP contribution in [0.15, 0.2) is 11.4 Å². The number of nitrogens with zero attached hydrogens (tertiary/aromatic N) is 2. The first-order valence-electron chi connectivity index (χ1n) is 8.05. The van der Waals surface area contributed by atoms with Gasteiger partial charge in [-0.1, -0.05) is 0 Å². The number of carbonyl (C=O) groups is 1. The minimum atomic E-state index is -0.143. The van der Waals surface area contributed by atoms with Gasteiger partial charge in [-0.3, -0.25) is 9.69 Å². The summed E-state index contributed by atoms with van der Waals surface area (Å²) in [6.45, 7) is 9.84. The average molecular weight is 323 g/mol. The lowest BCUT2D eigenvalue weighted by atomic mass is 10.0. The molecule has 1 amide bonds. The summed E-state index contributed by atoms with van der Waals surface area (Å²) in [6.07, 6.45) is 0. The summed E-state index contributed by atoms with van der Waals surface area (Å²) in [5, 5.41) is 5.51. The van der Waals surface area contributed by atoms with E-state index in [2.05, 4.69) is 35.5 Å². The second-order valence-electron chi connectivity index (χ2n) is 6.10. The molecule has 2 saturated heterocycles. The number of piperazine rings is 1. The SMILES string of the molecule is Cc1ccsc1C(C(=O)N1CCOCC1)N1CCNCC1C. The molecule has 2 aliphatic rings. The number of rotatable bonds is 3. The Kier molecular flexibility index (Phi) is 5.13. The standard InChI is InChI=1S/C16H25N3O2S/c1-12-3-10-22-15(12)14(19-5-4-17-11-13(19)2)16(20)18-6-8-21-9-7-18/h3,10,13-14,17H,4-9,11H2,1-2H3. The van der Waals surface area contributed by atoms with Gasteiger partial charge in [-0.25, -0.2) is 0 Å². The fourth-order valence-electron chi connectivity index (χ4n) is 3.27. The Morgan fingerprint density at radius 2 is 2.18 bits per heavy atom. The van der Waals surface area contributed by atoms with E-state index in [4.69, 9.17) is 4.74 Å². The van der Waals surface area contributed by atoms with E-state index in [1.165, 1.54) is 10.4 Å². The molecule has 1 N–H and O–H groups in total. The lowest BCUT2D eigenvalue weighted by Gasteiger charge is -2.41. The van der Waals surface area contributed by atoms with Crippen LogP contribution in [0.2, 0.25) is 0 Å². The Balaban J connectivity index is 1.88. The highest BCUT2D eigenvalue weighted by Gasteiger charge is 2.36. The summed E-state index contributed by atoms with van der Waals surface area (Å²) >= 11 is 1.70. The van der Waals surface area contributed by atoms with E-state index < -0.39 is 0 Å². The smallest absolute Gasteiger partial charge is 0.245 e. The van der Waals surface area contributed by atoms with Gasteiger partial charge in [0.25, 0.3) is 0 Å². The number of aryl methyl sites for hydroxylation is 1. The first-order chi connectivity index (χ1) is 10.7. The third kappa shape index (κ3) is 3.20. The van der Waals surface area contributed by atoms with Gasteiger partial charge in [0, 0.05) is 43.6 Å². The van der Waals surface area contributed by atoms with E-state index in [0.29, 0.717) is 32.3 Å². The topological polar surface area (TPSA) is 44.8 Å². The Bertz CT molecular complexity index is 513. The van der Waals surface area contributed by atoms with Crippen LogP contribution in [0.25, 0.3) is 0 Å². The van der Waals surface area contributed by atoms with Crippen LogP contribution in [0.1, 0.15) is 23.4 Å². The van der Waals surface area contributed by atoms with Crippen LogP contribution in [0.4, 0.5) is 0 Å². The van der Waals surface area contributed by atoms with Crippen LogP contribution in [0.3, 0.4) is 0 Å². The maximum atomic E-state index is 13.2. The summed E-state index contributed by atoms with van der Waals surface area (Å²) in [7, 11) is 0. The van der Waals surface area contributed by atoms with Gasteiger partial charge in [0.15, 0.2) is 0 Å². The lowest BCUT2D eigenvalue weighted by Crippen LogP contribution is -2.55. The summed E-state index contributed by atoms with van der Waals surface area (Å²) in [4.78, 5) is 18.8. The largest absolute Gasteiger partial charge is 0.378 e. The first kappa shape index (κ1) is 15.9. The average Bonchev–Trinajstić information content (AvgIpc) is 2.96. The van der Waals surface area contributed by atoms with Crippen LogP contribution < -0.4 is 5.32 Å². The Labute approximate surface area is 136 Å². The normalized spacial score (nSPS) is 25.2. The molecule has 3 rings (SSSR count). The van der Waals surface area contributed by atoms with Crippen LogP contribution in [-0.2, 0) is 9.53 Å². The summed E-state index contributed by atoms with van der Waals surface area (Å²) in [5.41, 5.74) is 1.22. The summed E-state index contributed by atoms with van der Waals surface area (Å²) < 4.78 is 5.40. The minimum absolute atomic E-state index is 0.143. The van der Waals surface area contributed by atoms with Gasteiger partial charge in [-0.15, -0.1) is 11.3 Å². The van der Waals surface area contributed by atoms with E-state index in [1.807, 2.05) is 4.90 Å². The minimum Gasteiger partial charge on any atom is -0.378 e. The molecule has 5 nitrogen and oxygen atoms in total. The van der Waals surface area contributed by atoms with E-state index in [1.54, 1.807) is 11.3 Å². The zero-order chi connectivity index (χ0) is 15.5. The molecule has 0 aliphatic carbocycles. The third-order valence-corrected chi connectivity index (χ3v) is 5.66. The molecule has 2 fully saturated rings. The zero-order valence-corrected chi connectivity index (χ0v) is 14.2. The fraction of sp³-hybridized carbons (Fsp3) is 0.688. The molecule has 0 saturated carbocycles. The molecule has 0 aromatic carbocycles. The van der Waals surface area contributed by atoms with Gasteiger partial charge in [-0.2, -0.15) is 0 Å². The molecule has 3 heterocycles. The van der Waals surface area contributed by atoms with Gasteiger partial charge in [0.05, 0.1) is 13.2 Å². The number of nitrogens with one attached hydrogen (secondary N) is 1. The van der Waals surface area contributed by atoms with Crippen molar-refractivity contribution in [1.29, 1.82) is 0 Å². The van der Waals surface area contributed by atoms with Crippen LogP contribution in [-0.4, -0.2) is 67.7 Å². The van der Waals surface area contributed by atoms with Crippen molar-refractivity contribution in [2.75, 3.05) is 45.9 Å². The van der Waals surface area contributed by atoms with Crippen LogP contribution in [0, 0.1) is 6.92 Å². The lowest BCUT2D eigenvalue weighted by molar-refractivity contribution is -0.142. The van der Waals surface area contributed by atoms with E-state index in [9.17, 15) is 4.79 Å². The van der Waals surface area contributed by atoms with Crippen molar-refractivity contribution in [2.24, 2.45) is 0 Å². The maximum Gasteiger partial charge on any atom is 0.245 e. The number of hydrogen-bond acceptors (Lipinski definition) is 5. The maximum absolute atomic E-state index is 13.2. The number of morpholine rings is 1. The summed E-state index contributed by atoms with van der Waals surface area (Å²) in [5.74, 6) is 0.239. The predicted molar refractivity (Wildman–Crippen MR) is 88.2 cm³/mol.